The summed E-state index contributed by atoms with van der Waals surface area (Å²) in [5, 5.41) is 9.21. The molecule has 2 amide bonds. The molecule has 5 nitrogen and oxygen atoms in total. The molecule has 2 heterocycles. The van der Waals surface area contributed by atoms with Crippen LogP contribution < -0.4 is 4.90 Å². The molecule has 0 radical (unpaired) electrons. The fourth-order valence-corrected chi connectivity index (χ4v) is 3.67. The van der Waals surface area contributed by atoms with Crippen molar-refractivity contribution in [3.05, 3.63) is 29.8 Å². The van der Waals surface area contributed by atoms with Crippen LogP contribution in [0.2, 0.25) is 0 Å². The van der Waals surface area contributed by atoms with E-state index in [4.69, 9.17) is 0 Å². The van der Waals surface area contributed by atoms with Crippen LogP contribution in [0.4, 0.5) is 5.69 Å². The van der Waals surface area contributed by atoms with Crippen LogP contribution in [0.1, 0.15) is 37.7 Å². The van der Waals surface area contributed by atoms with Gasteiger partial charge in [-0.25, -0.2) is 0 Å². The zero-order valence-electron chi connectivity index (χ0n) is 13.4. The van der Waals surface area contributed by atoms with E-state index in [1.165, 1.54) is 0 Å². The molecule has 1 aromatic rings. The third-order valence-corrected chi connectivity index (χ3v) is 4.89. The van der Waals surface area contributed by atoms with E-state index in [1.54, 1.807) is 4.90 Å². The van der Waals surface area contributed by atoms with Gasteiger partial charge in [0.25, 0.3) is 0 Å². The van der Waals surface area contributed by atoms with E-state index < -0.39 is 0 Å². The summed E-state index contributed by atoms with van der Waals surface area (Å²) in [4.78, 5) is 28.6. The number of rotatable bonds is 4. The number of likely N-dealkylation sites (tertiary alicyclic amines) is 1. The number of fused-ring (bicyclic) bond motifs is 1. The summed E-state index contributed by atoms with van der Waals surface area (Å²) < 4.78 is 0. The Morgan fingerprint density at radius 1 is 1.22 bits per heavy atom. The summed E-state index contributed by atoms with van der Waals surface area (Å²) >= 11 is 0. The SMILES string of the molecule is O=C1CCc2ccccc2N1CC(=O)N1CCCCC1CCO. The molecule has 2 aliphatic heterocycles. The van der Waals surface area contributed by atoms with E-state index in [-0.39, 0.29) is 31.0 Å². The maximum absolute atomic E-state index is 12.8. The molecule has 0 spiro atoms. The van der Waals surface area contributed by atoms with Gasteiger partial charge in [-0.05, 0) is 43.7 Å². The average Bonchev–Trinajstić information content (AvgIpc) is 2.58. The number of benzene rings is 1. The van der Waals surface area contributed by atoms with Crippen LogP contribution in [0, 0.1) is 0 Å². The minimum atomic E-state index is -0.00629. The summed E-state index contributed by atoms with van der Waals surface area (Å²) in [7, 11) is 0. The number of carbonyl (C=O) groups is 2. The largest absolute Gasteiger partial charge is 0.396 e. The third kappa shape index (κ3) is 3.39. The molecule has 1 aromatic carbocycles. The first-order valence-electron chi connectivity index (χ1n) is 8.49. The monoisotopic (exact) mass is 316 g/mol. The predicted octanol–water partition coefficient (Wildman–Crippen LogP) is 1.73. The molecule has 1 atom stereocenters. The van der Waals surface area contributed by atoms with Crippen LogP contribution in [-0.2, 0) is 16.0 Å². The maximum Gasteiger partial charge on any atom is 0.242 e. The number of para-hydroxylation sites is 1. The number of aryl methyl sites for hydroxylation is 1. The molecule has 1 N–H and O–H groups in total. The van der Waals surface area contributed by atoms with Crippen molar-refractivity contribution in [1.29, 1.82) is 0 Å². The molecule has 1 unspecified atom stereocenters. The molecule has 0 bridgehead atoms. The normalized spacial score (nSPS) is 21.3. The van der Waals surface area contributed by atoms with E-state index in [2.05, 4.69) is 0 Å². The molecular weight excluding hydrogens is 292 g/mol. The number of amides is 2. The van der Waals surface area contributed by atoms with Crippen LogP contribution in [0.5, 0.6) is 0 Å². The summed E-state index contributed by atoms with van der Waals surface area (Å²) in [6.45, 7) is 0.935. The van der Waals surface area contributed by atoms with Gasteiger partial charge in [-0.1, -0.05) is 18.2 Å². The van der Waals surface area contributed by atoms with E-state index in [0.717, 1.165) is 43.5 Å². The first-order chi connectivity index (χ1) is 11.2. The summed E-state index contributed by atoms with van der Waals surface area (Å²) in [5.41, 5.74) is 2.00. The molecule has 0 saturated carbocycles. The van der Waals surface area contributed by atoms with Gasteiger partial charge in [0.15, 0.2) is 0 Å². The summed E-state index contributed by atoms with van der Waals surface area (Å²) in [5.74, 6) is 0.0148. The highest BCUT2D eigenvalue weighted by Gasteiger charge is 2.31. The van der Waals surface area contributed by atoms with Crippen LogP contribution in [-0.4, -0.2) is 47.6 Å². The van der Waals surface area contributed by atoms with Crippen LogP contribution in [0.25, 0.3) is 0 Å². The van der Waals surface area contributed by atoms with E-state index in [1.807, 2.05) is 29.2 Å². The third-order valence-electron chi connectivity index (χ3n) is 4.89. The smallest absolute Gasteiger partial charge is 0.242 e. The van der Waals surface area contributed by atoms with Crippen molar-refractivity contribution in [2.24, 2.45) is 0 Å². The van der Waals surface area contributed by atoms with Gasteiger partial charge in [0.05, 0.1) is 0 Å². The lowest BCUT2D eigenvalue weighted by Crippen LogP contribution is -2.50. The Morgan fingerprint density at radius 2 is 2.04 bits per heavy atom. The number of hydrogen-bond acceptors (Lipinski definition) is 3. The predicted molar refractivity (Wildman–Crippen MR) is 88.2 cm³/mol. The van der Waals surface area contributed by atoms with Crippen molar-refractivity contribution >= 4 is 17.5 Å². The fourth-order valence-electron chi connectivity index (χ4n) is 3.67. The number of aliphatic hydroxyl groups excluding tert-OH is 1. The van der Waals surface area contributed by atoms with Crippen molar-refractivity contribution in [2.45, 2.75) is 44.6 Å². The van der Waals surface area contributed by atoms with E-state index >= 15 is 0 Å². The van der Waals surface area contributed by atoms with Crippen LogP contribution in [0.15, 0.2) is 24.3 Å². The molecule has 3 rings (SSSR count). The number of aliphatic hydroxyl groups is 1. The van der Waals surface area contributed by atoms with Crippen molar-refractivity contribution in [2.75, 3.05) is 24.6 Å². The standard InChI is InChI=1S/C18H24N2O3/c21-12-10-15-6-3-4-11-19(15)18(23)13-20-16-7-2-1-5-14(16)8-9-17(20)22/h1-2,5,7,15,21H,3-4,6,8-13H2. The zero-order valence-corrected chi connectivity index (χ0v) is 13.4. The van der Waals surface area contributed by atoms with Crippen molar-refractivity contribution in [1.82, 2.24) is 4.90 Å². The fraction of sp³-hybridized carbons (Fsp3) is 0.556. The lowest BCUT2D eigenvalue weighted by molar-refractivity contribution is -0.135. The zero-order chi connectivity index (χ0) is 16.2. The molecule has 0 aliphatic carbocycles. The van der Waals surface area contributed by atoms with E-state index in [9.17, 15) is 14.7 Å². The second-order valence-corrected chi connectivity index (χ2v) is 6.36. The molecule has 23 heavy (non-hydrogen) atoms. The molecular formula is C18H24N2O3. The minimum Gasteiger partial charge on any atom is -0.396 e. The van der Waals surface area contributed by atoms with Crippen molar-refractivity contribution in [3.63, 3.8) is 0 Å². The first-order valence-corrected chi connectivity index (χ1v) is 8.49. The summed E-state index contributed by atoms with van der Waals surface area (Å²) in [6, 6.07) is 7.92. The number of piperidine rings is 1. The molecule has 124 valence electrons. The molecule has 2 aliphatic rings. The topological polar surface area (TPSA) is 60.9 Å². The number of hydrogen-bond donors (Lipinski definition) is 1. The van der Waals surface area contributed by atoms with Crippen molar-refractivity contribution < 1.29 is 14.7 Å². The molecule has 5 heteroatoms. The van der Waals surface area contributed by atoms with Gasteiger partial charge in [0.2, 0.25) is 11.8 Å². The van der Waals surface area contributed by atoms with Crippen LogP contribution >= 0.6 is 0 Å². The number of carbonyl (C=O) groups excluding carboxylic acids is 2. The second-order valence-electron chi connectivity index (χ2n) is 6.36. The maximum atomic E-state index is 12.8. The quantitative estimate of drug-likeness (QED) is 0.920. The Balaban J connectivity index is 1.75. The lowest BCUT2D eigenvalue weighted by atomic mass is 9.98. The lowest BCUT2D eigenvalue weighted by Gasteiger charge is -2.37. The highest BCUT2D eigenvalue weighted by Crippen LogP contribution is 2.28. The summed E-state index contributed by atoms with van der Waals surface area (Å²) in [6.07, 6.45) is 4.87. The second kappa shape index (κ2) is 7.13. The molecule has 0 aromatic heterocycles. The minimum absolute atomic E-state index is 0.00629. The Bertz CT molecular complexity index is 585. The highest BCUT2D eigenvalue weighted by molar-refractivity contribution is 6.01. The number of nitrogens with zero attached hydrogens (tertiary/aromatic N) is 2. The van der Waals surface area contributed by atoms with Gasteiger partial charge in [0, 0.05) is 31.3 Å². The Morgan fingerprint density at radius 3 is 2.87 bits per heavy atom. The van der Waals surface area contributed by atoms with E-state index in [0.29, 0.717) is 12.8 Å². The highest BCUT2D eigenvalue weighted by atomic mass is 16.3. The van der Waals surface area contributed by atoms with Gasteiger partial charge in [-0.15, -0.1) is 0 Å². The van der Waals surface area contributed by atoms with Crippen LogP contribution in [0.3, 0.4) is 0 Å². The molecule has 1 fully saturated rings. The van der Waals surface area contributed by atoms with Crippen molar-refractivity contribution in [3.8, 4) is 0 Å². The Hall–Kier alpha value is -1.88. The Labute approximate surface area is 136 Å². The molecule has 1 saturated heterocycles. The van der Waals surface area contributed by atoms with Gasteiger partial charge in [-0.3, -0.25) is 9.59 Å². The van der Waals surface area contributed by atoms with Gasteiger partial charge >= 0.3 is 0 Å². The van der Waals surface area contributed by atoms with Gasteiger partial charge in [0.1, 0.15) is 6.54 Å². The number of anilines is 1. The first kappa shape index (κ1) is 16.0. The van der Waals surface area contributed by atoms with Gasteiger partial charge in [-0.2, -0.15) is 0 Å². The Kier molecular flexibility index (Phi) is 4.96. The average molecular weight is 316 g/mol. The van der Waals surface area contributed by atoms with Gasteiger partial charge < -0.3 is 14.9 Å².